The molecule has 0 aliphatic carbocycles. The maximum absolute atomic E-state index is 5.96. The molecule has 0 heterocycles. The molecule has 2 rings (SSSR count). The minimum atomic E-state index is 0.843. The monoisotopic (exact) mass is 333 g/mol. The summed E-state index contributed by atoms with van der Waals surface area (Å²) in [5, 5.41) is 3.31. The Morgan fingerprint density at radius 1 is 1.05 bits per heavy atom. The van der Waals surface area contributed by atoms with Crippen molar-refractivity contribution in [1.82, 2.24) is 5.32 Å². The zero-order valence-electron chi connectivity index (χ0n) is 12.2. The normalized spacial score (nSPS) is 10.6. The average molecular weight is 334 g/mol. The number of rotatable bonds is 5. The molecule has 0 amide bonds. The molecular formula is C17H20BrNO. The summed E-state index contributed by atoms with van der Waals surface area (Å²) in [4.78, 5) is 0. The smallest absolute Gasteiger partial charge is 0.141 e. The van der Waals surface area contributed by atoms with Gasteiger partial charge in [-0.05, 0) is 77.3 Å². The Kier molecular flexibility index (Phi) is 5.21. The first-order valence-corrected chi connectivity index (χ1v) is 7.63. The van der Waals surface area contributed by atoms with E-state index in [1.807, 2.05) is 18.2 Å². The van der Waals surface area contributed by atoms with Crippen molar-refractivity contribution in [2.75, 3.05) is 6.54 Å². The summed E-state index contributed by atoms with van der Waals surface area (Å²) < 4.78 is 6.94. The second-order valence-electron chi connectivity index (χ2n) is 4.97. The molecular weight excluding hydrogens is 314 g/mol. The molecule has 0 spiro atoms. The number of halogens is 1. The lowest BCUT2D eigenvalue weighted by Crippen LogP contribution is -2.11. The van der Waals surface area contributed by atoms with Crippen LogP contribution < -0.4 is 10.1 Å². The van der Waals surface area contributed by atoms with Crippen LogP contribution in [-0.2, 0) is 6.54 Å². The van der Waals surface area contributed by atoms with Crippen molar-refractivity contribution in [3.05, 3.63) is 57.6 Å². The predicted octanol–water partition coefficient (Wildman–Crippen LogP) is 4.97. The summed E-state index contributed by atoms with van der Waals surface area (Å²) in [6, 6.07) is 12.4. The Hall–Kier alpha value is -1.32. The minimum absolute atomic E-state index is 0.843. The molecule has 3 heteroatoms. The lowest BCUT2D eigenvalue weighted by Gasteiger charge is -2.11. The summed E-state index contributed by atoms with van der Waals surface area (Å²) in [7, 11) is 0. The minimum Gasteiger partial charge on any atom is -0.456 e. The van der Waals surface area contributed by atoms with Gasteiger partial charge in [-0.3, -0.25) is 0 Å². The Balaban J connectivity index is 2.16. The van der Waals surface area contributed by atoms with Gasteiger partial charge in [-0.25, -0.2) is 0 Å². The van der Waals surface area contributed by atoms with E-state index in [0.717, 1.165) is 29.1 Å². The largest absolute Gasteiger partial charge is 0.456 e. The van der Waals surface area contributed by atoms with Crippen molar-refractivity contribution in [3.63, 3.8) is 0 Å². The van der Waals surface area contributed by atoms with Gasteiger partial charge >= 0.3 is 0 Å². The fourth-order valence-electron chi connectivity index (χ4n) is 2.13. The van der Waals surface area contributed by atoms with Gasteiger partial charge in [0.15, 0.2) is 0 Å². The molecule has 0 atom stereocenters. The summed E-state index contributed by atoms with van der Waals surface area (Å²) in [6.07, 6.45) is 0. The highest BCUT2D eigenvalue weighted by Gasteiger charge is 2.05. The molecule has 106 valence electrons. The zero-order valence-corrected chi connectivity index (χ0v) is 13.8. The van der Waals surface area contributed by atoms with Crippen LogP contribution in [0.15, 0.2) is 40.9 Å². The second-order valence-corrected chi connectivity index (χ2v) is 5.82. The number of benzene rings is 2. The molecule has 2 nitrogen and oxygen atoms in total. The predicted molar refractivity (Wildman–Crippen MR) is 87.5 cm³/mol. The highest BCUT2D eigenvalue weighted by Crippen LogP contribution is 2.31. The van der Waals surface area contributed by atoms with E-state index in [-0.39, 0.29) is 0 Å². The van der Waals surface area contributed by atoms with Crippen molar-refractivity contribution in [3.8, 4) is 11.5 Å². The Bertz CT molecular complexity index is 575. The quantitative estimate of drug-likeness (QED) is 0.834. The molecule has 0 bridgehead atoms. The van der Waals surface area contributed by atoms with Crippen molar-refractivity contribution in [2.24, 2.45) is 0 Å². The van der Waals surface area contributed by atoms with Gasteiger partial charge < -0.3 is 10.1 Å². The highest BCUT2D eigenvalue weighted by molar-refractivity contribution is 9.10. The molecule has 1 N–H and O–H groups in total. The van der Waals surface area contributed by atoms with Gasteiger partial charge in [0, 0.05) is 6.54 Å². The van der Waals surface area contributed by atoms with Crippen molar-refractivity contribution >= 4 is 15.9 Å². The number of ether oxygens (including phenoxy) is 1. The van der Waals surface area contributed by atoms with E-state index in [0.29, 0.717) is 0 Å². The molecule has 0 aromatic heterocycles. The number of hydrogen-bond donors (Lipinski definition) is 1. The van der Waals surface area contributed by atoms with E-state index >= 15 is 0 Å². The summed E-state index contributed by atoms with van der Waals surface area (Å²) in [6.45, 7) is 8.10. The van der Waals surface area contributed by atoms with Crippen LogP contribution in [-0.4, -0.2) is 6.54 Å². The first-order valence-electron chi connectivity index (χ1n) is 6.84. The van der Waals surface area contributed by atoms with E-state index < -0.39 is 0 Å². The van der Waals surface area contributed by atoms with Crippen LogP contribution in [0.25, 0.3) is 0 Å². The number of hydrogen-bond acceptors (Lipinski definition) is 2. The van der Waals surface area contributed by atoms with Crippen LogP contribution >= 0.6 is 15.9 Å². The van der Waals surface area contributed by atoms with Gasteiger partial charge in [0.2, 0.25) is 0 Å². The summed E-state index contributed by atoms with van der Waals surface area (Å²) in [5.41, 5.74) is 3.66. The van der Waals surface area contributed by atoms with E-state index in [9.17, 15) is 0 Å². The molecule has 0 aliphatic heterocycles. The zero-order chi connectivity index (χ0) is 14.5. The third kappa shape index (κ3) is 4.09. The van der Waals surface area contributed by atoms with Crippen LogP contribution in [0.1, 0.15) is 23.6 Å². The van der Waals surface area contributed by atoms with E-state index in [1.54, 1.807) is 0 Å². The van der Waals surface area contributed by atoms with E-state index in [4.69, 9.17) is 4.74 Å². The van der Waals surface area contributed by atoms with Crippen LogP contribution in [0, 0.1) is 13.8 Å². The number of nitrogens with one attached hydrogen (secondary N) is 1. The fourth-order valence-corrected chi connectivity index (χ4v) is 2.63. The van der Waals surface area contributed by atoms with Crippen molar-refractivity contribution < 1.29 is 4.74 Å². The molecule has 0 saturated heterocycles. The van der Waals surface area contributed by atoms with Crippen LogP contribution in [0.4, 0.5) is 0 Å². The topological polar surface area (TPSA) is 21.3 Å². The summed E-state index contributed by atoms with van der Waals surface area (Å²) >= 11 is 3.58. The second kappa shape index (κ2) is 6.91. The average Bonchev–Trinajstić information content (AvgIpc) is 2.38. The molecule has 2 aromatic rings. The van der Waals surface area contributed by atoms with Crippen LogP contribution in [0.2, 0.25) is 0 Å². The standard InChI is InChI=1S/C17H20BrNO/c1-4-19-11-14-5-6-17(16(18)10-14)20-15-8-12(2)7-13(3)9-15/h5-10,19H,4,11H2,1-3H3. The molecule has 0 aliphatic rings. The van der Waals surface area contributed by atoms with Gasteiger partial charge in [0.1, 0.15) is 11.5 Å². The Labute approximate surface area is 129 Å². The van der Waals surface area contributed by atoms with Gasteiger partial charge in [-0.15, -0.1) is 0 Å². The Morgan fingerprint density at radius 3 is 2.35 bits per heavy atom. The van der Waals surface area contributed by atoms with Crippen molar-refractivity contribution in [1.29, 1.82) is 0 Å². The summed E-state index contributed by atoms with van der Waals surface area (Å²) in [5.74, 6) is 1.72. The van der Waals surface area contributed by atoms with E-state index in [1.165, 1.54) is 16.7 Å². The Morgan fingerprint density at radius 2 is 1.75 bits per heavy atom. The third-order valence-electron chi connectivity index (χ3n) is 3.00. The maximum Gasteiger partial charge on any atom is 0.141 e. The number of aryl methyl sites for hydroxylation is 2. The molecule has 0 saturated carbocycles. The maximum atomic E-state index is 5.96. The van der Waals surface area contributed by atoms with E-state index in [2.05, 4.69) is 60.2 Å². The lowest BCUT2D eigenvalue weighted by atomic mass is 10.1. The molecule has 0 fully saturated rings. The first kappa shape index (κ1) is 15.1. The highest BCUT2D eigenvalue weighted by atomic mass is 79.9. The van der Waals surface area contributed by atoms with Gasteiger partial charge in [0.25, 0.3) is 0 Å². The molecule has 2 aromatic carbocycles. The fraction of sp³-hybridized carbons (Fsp3) is 0.294. The van der Waals surface area contributed by atoms with Crippen LogP contribution in [0.5, 0.6) is 11.5 Å². The lowest BCUT2D eigenvalue weighted by molar-refractivity contribution is 0.478. The van der Waals surface area contributed by atoms with Crippen LogP contribution in [0.3, 0.4) is 0 Å². The van der Waals surface area contributed by atoms with Gasteiger partial charge in [-0.1, -0.05) is 19.1 Å². The first-order chi connectivity index (χ1) is 9.58. The van der Waals surface area contributed by atoms with Gasteiger partial charge in [0.05, 0.1) is 4.47 Å². The molecule has 0 radical (unpaired) electrons. The SMILES string of the molecule is CCNCc1ccc(Oc2cc(C)cc(C)c2)c(Br)c1. The van der Waals surface area contributed by atoms with Crippen molar-refractivity contribution in [2.45, 2.75) is 27.3 Å². The molecule has 0 unspecified atom stereocenters. The third-order valence-corrected chi connectivity index (χ3v) is 3.62. The molecule has 20 heavy (non-hydrogen) atoms. The van der Waals surface area contributed by atoms with Gasteiger partial charge in [-0.2, -0.15) is 0 Å².